The summed E-state index contributed by atoms with van der Waals surface area (Å²) in [5.41, 5.74) is 0.739. The number of nitrogens with one attached hydrogen (secondary N) is 1. The minimum Gasteiger partial charge on any atom is -0.569 e. The summed E-state index contributed by atoms with van der Waals surface area (Å²) in [7, 11) is -3.40. The molecule has 0 saturated carbocycles. The molecule has 4 aromatic rings. The minimum atomic E-state index is -4.74. The van der Waals surface area contributed by atoms with Crippen molar-refractivity contribution in [3.63, 3.8) is 0 Å². The number of hydrogen-bond acceptors (Lipinski definition) is 9. The lowest BCUT2D eigenvalue weighted by atomic mass is 10.1. The van der Waals surface area contributed by atoms with Crippen LogP contribution in [0.1, 0.15) is 38.9 Å². The first-order chi connectivity index (χ1) is 22.6. The van der Waals surface area contributed by atoms with Crippen LogP contribution in [0.2, 0.25) is 0 Å². The van der Waals surface area contributed by atoms with Crippen molar-refractivity contribution in [1.29, 1.82) is 0 Å². The van der Waals surface area contributed by atoms with E-state index in [1.54, 1.807) is 36.4 Å². The van der Waals surface area contributed by atoms with Crippen LogP contribution in [0.3, 0.4) is 0 Å². The van der Waals surface area contributed by atoms with Crippen molar-refractivity contribution in [2.45, 2.75) is 31.0 Å². The Hall–Kier alpha value is -5.78. The van der Waals surface area contributed by atoms with Crippen LogP contribution in [0.25, 0.3) is 16.9 Å². The summed E-state index contributed by atoms with van der Waals surface area (Å²) in [5.74, 6) is -2.43. The van der Waals surface area contributed by atoms with Crippen LogP contribution in [0, 0.1) is 12.1 Å². The third kappa shape index (κ3) is 6.68. The smallest absolute Gasteiger partial charge is 0.435 e. The lowest BCUT2D eigenvalue weighted by Crippen LogP contribution is -2.47. The van der Waals surface area contributed by atoms with E-state index in [9.17, 15) is 41.2 Å². The van der Waals surface area contributed by atoms with Crippen LogP contribution in [0.15, 0.2) is 89.0 Å². The summed E-state index contributed by atoms with van der Waals surface area (Å²) in [6, 6.07) is 16.8. The van der Waals surface area contributed by atoms with Gasteiger partial charge < -0.3 is 10.0 Å². The molecule has 14 nitrogen and oxygen atoms in total. The monoisotopic (exact) mass is 685 g/mol. The number of aromatic nitrogens is 2. The molecule has 18 heteroatoms. The van der Waals surface area contributed by atoms with E-state index in [2.05, 4.69) is 10.4 Å². The molecular weight excluding hydrogens is 659 g/mol. The lowest BCUT2D eigenvalue weighted by Gasteiger charge is -2.20. The number of halogens is 3. The standard InChI is InChI=1S/C30H26F3N7O7S/c1-18-8-10-20(11-9-18)25-16-26(30(31,32)33)34-39(25)21-12-14-22(15-13-21)48(45,46)35-27(41)19(2)37(3)40(44)36-47-17-38-28(42)23-6-4-5-7-24(23)29(38)43/h4-16,19H,17H2,1-3H3,(H,35,41)/t19-/m0/s1. The van der Waals surface area contributed by atoms with Gasteiger partial charge in [0, 0.05) is 5.56 Å². The van der Waals surface area contributed by atoms with Crippen LogP contribution in [0.4, 0.5) is 13.2 Å². The van der Waals surface area contributed by atoms with Gasteiger partial charge in [0.05, 0.1) is 39.4 Å². The number of alkyl halides is 3. The molecule has 2 heterocycles. The average Bonchev–Trinajstić information content (AvgIpc) is 3.61. The van der Waals surface area contributed by atoms with Crippen LogP contribution >= 0.6 is 0 Å². The van der Waals surface area contributed by atoms with Gasteiger partial charge in [0.25, 0.3) is 27.7 Å². The van der Waals surface area contributed by atoms with Gasteiger partial charge in [-0.25, -0.2) is 22.7 Å². The van der Waals surface area contributed by atoms with E-state index in [4.69, 9.17) is 4.84 Å². The molecule has 0 fully saturated rings. The number of rotatable bonds is 10. The summed E-state index contributed by atoms with van der Waals surface area (Å²) in [6.07, 6.45) is -4.74. The van der Waals surface area contributed by atoms with Crippen LogP contribution < -0.4 is 4.72 Å². The number of fused-ring (bicyclic) bond motifs is 1. The van der Waals surface area contributed by atoms with E-state index < -0.39 is 57.3 Å². The fourth-order valence-electron chi connectivity index (χ4n) is 4.55. The zero-order valence-electron chi connectivity index (χ0n) is 25.4. The molecule has 0 aliphatic carbocycles. The second-order valence-electron chi connectivity index (χ2n) is 10.6. The third-order valence-electron chi connectivity index (χ3n) is 7.38. The maximum Gasteiger partial charge on any atom is 0.435 e. The van der Waals surface area contributed by atoms with Crippen molar-refractivity contribution < 1.29 is 45.8 Å². The summed E-state index contributed by atoms with van der Waals surface area (Å²) in [4.78, 5) is 42.6. The average molecular weight is 686 g/mol. The molecular formula is C30H26F3N7O7S. The second-order valence-corrected chi connectivity index (χ2v) is 12.3. The fourth-order valence-corrected chi connectivity index (χ4v) is 5.60. The quantitative estimate of drug-likeness (QED) is 0.112. The van der Waals surface area contributed by atoms with Gasteiger partial charge in [-0.15, -0.1) is 5.01 Å². The molecule has 0 radical (unpaired) electrons. The maximum atomic E-state index is 13.5. The van der Waals surface area contributed by atoms with Gasteiger partial charge in [0.15, 0.2) is 11.7 Å². The van der Waals surface area contributed by atoms with Crippen molar-refractivity contribution in [1.82, 2.24) is 24.4 Å². The highest BCUT2D eigenvalue weighted by Crippen LogP contribution is 2.33. The van der Waals surface area contributed by atoms with E-state index in [1.807, 2.05) is 11.6 Å². The molecule has 1 atom stereocenters. The first kappa shape index (κ1) is 33.6. The van der Waals surface area contributed by atoms with Gasteiger partial charge >= 0.3 is 6.18 Å². The number of carbonyl (C=O) groups is 3. The van der Waals surface area contributed by atoms with E-state index >= 15 is 0 Å². The fraction of sp³-hybridized carbons (Fsp3) is 0.200. The van der Waals surface area contributed by atoms with E-state index in [-0.39, 0.29) is 27.5 Å². The number of hydrogen-bond donors (Lipinski definition) is 1. The Balaban J connectivity index is 1.25. The van der Waals surface area contributed by atoms with E-state index in [0.29, 0.717) is 10.6 Å². The molecule has 0 saturated heterocycles. The number of likely N-dealkylation sites (N-methyl/N-ethyl adjacent to an activating group) is 1. The summed E-state index contributed by atoms with van der Waals surface area (Å²) in [6.45, 7) is 2.32. The van der Waals surface area contributed by atoms with Gasteiger partial charge in [0.1, 0.15) is 0 Å². The summed E-state index contributed by atoms with van der Waals surface area (Å²) >= 11 is 0. The van der Waals surface area contributed by atoms with Crippen molar-refractivity contribution >= 4 is 27.7 Å². The van der Waals surface area contributed by atoms with Crippen molar-refractivity contribution in [2.75, 3.05) is 13.8 Å². The van der Waals surface area contributed by atoms with Crippen LogP contribution in [-0.2, 0) is 25.8 Å². The molecule has 5 rings (SSSR count). The van der Waals surface area contributed by atoms with Gasteiger partial charge in [-0.3, -0.25) is 14.4 Å². The molecule has 1 N–H and O–H groups in total. The Labute approximate surface area is 271 Å². The topological polar surface area (TPSA) is 169 Å². The molecule has 0 bridgehead atoms. The Kier molecular flexibility index (Phi) is 8.94. The molecule has 1 aliphatic rings. The van der Waals surface area contributed by atoms with Gasteiger partial charge in [-0.1, -0.05) is 42.0 Å². The zero-order chi connectivity index (χ0) is 35.0. The Morgan fingerprint density at radius 2 is 1.62 bits per heavy atom. The predicted molar refractivity (Wildman–Crippen MR) is 160 cm³/mol. The maximum absolute atomic E-state index is 13.5. The van der Waals surface area contributed by atoms with Crippen molar-refractivity contribution in [3.05, 3.63) is 106 Å². The minimum absolute atomic E-state index is 0.114. The van der Waals surface area contributed by atoms with E-state index in [0.717, 1.165) is 40.4 Å². The number of nitrogens with zero attached hydrogens (tertiary/aromatic N) is 6. The highest BCUT2D eigenvalue weighted by molar-refractivity contribution is 7.90. The molecule has 1 aliphatic heterocycles. The lowest BCUT2D eigenvalue weighted by molar-refractivity contribution is -0.709. The Bertz CT molecular complexity index is 2000. The molecule has 48 heavy (non-hydrogen) atoms. The van der Waals surface area contributed by atoms with Gasteiger partial charge in [-0.05, 0) is 56.3 Å². The number of amides is 3. The first-order valence-electron chi connectivity index (χ1n) is 14.0. The zero-order valence-corrected chi connectivity index (χ0v) is 26.2. The largest absolute Gasteiger partial charge is 0.569 e. The Morgan fingerprint density at radius 1 is 1.04 bits per heavy atom. The number of hydrazine groups is 1. The third-order valence-corrected chi connectivity index (χ3v) is 8.74. The van der Waals surface area contributed by atoms with Crippen molar-refractivity contribution in [2.24, 2.45) is 5.28 Å². The number of imide groups is 1. The van der Waals surface area contributed by atoms with Crippen LogP contribution in [0.5, 0.6) is 0 Å². The molecule has 1 aromatic heterocycles. The summed E-state index contributed by atoms with van der Waals surface area (Å²) < 4.78 is 69.4. The van der Waals surface area contributed by atoms with Crippen molar-refractivity contribution in [3.8, 4) is 16.9 Å². The molecule has 3 aromatic carbocycles. The van der Waals surface area contributed by atoms with Gasteiger partial charge in [-0.2, -0.15) is 18.3 Å². The number of benzene rings is 3. The summed E-state index contributed by atoms with van der Waals surface area (Å²) in [5, 5.41) is 20.0. The van der Waals surface area contributed by atoms with Gasteiger partial charge in [0.2, 0.25) is 12.0 Å². The predicted octanol–water partition coefficient (Wildman–Crippen LogP) is 4.05. The highest BCUT2D eigenvalue weighted by Gasteiger charge is 2.37. The molecule has 0 spiro atoms. The number of sulfonamides is 1. The number of carbonyl (C=O) groups excluding carboxylic acids is 3. The SMILES string of the molecule is Cc1ccc(-c2cc(C(F)(F)F)nn2-c2ccc(S(=O)(=O)NC(=O)[C@H](C)N(C)[N+]([O-])=NOCN3C(=O)c4ccccc4C3=O)cc2)cc1. The Morgan fingerprint density at radius 3 is 2.19 bits per heavy atom. The molecule has 0 unspecified atom stereocenters. The first-order valence-corrected chi connectivity index (χ1v) is 15.5. The van der Waals surface area contributed by atoms with E-state index in [1.165, 1.54) is 31.2 Å². The molecule has 3 amide bonds. The van der Waals surface area contributed by atoms with Crippen LogP contribution in [-0.4, -0.2) is 70.6 Å². The second kappa shape index (κ2) is 12.8. The normalized spacial score (nSPS) is 14.1. The number of aryl methyl sites for hydroxylation is 1. The highest BCUT2D eigenvalue weighted by atomic mass is 32.2. The molecule has 250 valence electrons.